The number of carbonyl (C=O) groups excluding carboxylic acids is 2. The summed E-state index contributed by atoms with van der Waals surface area (Å²) in [5.74, 6) is -1.25. The minimum absolute atomic E-state index is 0.0141. The first kappa shape index (κ1) is 19.1. The summed E-state index contributed by atoms with van der Waals surface area (Å²) >= 11 is 6.11. The highest BCUT2D eigenvalue weighted by atomic mass is 35.5. The van der Waals surface area contributed by atoms with Crippen LogP contribution in [0.3, 0.4) is 0 Å². The second-order valence-corrected chi connectivity index (χ2v) is 7.14. The number of fused-ring (bicyclic) bond motifs is 1. The molecule has 1 aliphatic rings. The Balaban J connectivity index is 1.51. The molecular formula is C21H17ClFN3O3. The van der Waals surface area contributed by atoms with E-state index in [1.54, 1.807) is 6.92 Å². The van der Waals surface area contributed by atoms with E-state index in [2.05, 4.69) is 15.8 Å². The number of anilines is 1. The molecule has 0 spiro atoms. The molecule has 1 atom stereocenters. The summed E-state index contributed by atoms with van der Waals surface area (Å²) in [4.78, 5) is 25.0. The lowest BCUT2D eigenvalue weighted by Crippen LogP contribution is -2.27. The van der Waals surface area contributed by atoms with Crippen LogP contribution in [0.1, 0.15) is 34.0 Å². The van der Waals surface area contributed by atoms with E-state index < -0.39 is 11.7 Å². The normalized spacial score (nSPS) is 15.1. The fourth-order valence-electron chi connectivity index (χ4n) is 3.52. The van der Waals surface area contributed by atoms with Gasteiger partial charge in [0.25, 0.3) is 5.91 Å². The molecule has 8 heteroatoms. The van der Waals surface area contributed by atoms with Crippen LogP contribution in [0.15, 0.2) is 47.0 Å². The Hall–Kier alpha value is -3.19. The summed E-state index contributed by atoms with van der Waals surface area (Å²) < 4.78 is 19.4. The molecule has 2 heterocycles. The van der Waals surface area contributed by atoms with Gasteiger partial charge in [0.2, 0.25) is 5.91 Å². The molecule has 0 saturated carbocycles. The fourth-order valence-corrected chi connectivity index (χ4v) is 3.77. The molecule has 0 radical (unpaired) electrons. The van der Waals surface area contributed by atoms with Crippen molar-refractivity contribution in [1.29, 1.82) is 0 Å². The Morgan fingerprint density at radius 2 is 2.07 bits per heavy atom. The summed E-state index contributed by atoms with van der Waals surface area (Å²) in [7, 11) is 0. The zero-order valence-electron chi connectivity index (χ0n) is 15.5. The van der Waals surface area contributed by atoms with Crippen molar-refractivity contribution in [3.63, 3.8) is 0 Å². The van der Waals surface area contributed by atoms with Gasteiger partial charge in [0.05, 0.1) is 16.5 Å². The maximum Gasteiger partial charge on any atom is 0.257 e. The molecule has 2 aromatic carbocycles. The van der Waals surface area contributed by atoms with Crippen LogP contribution < -0.4 is 10.6 Å². The van der Waals surface area contributed by atoms with Gasteiger partial charge in [0.15, 0.2) is 0 Å². The first-order valence-corrected chi connectivity index (χ1v) is 9.44. The number of amides is 2. The van der Waals surface area contributed by atoms with Gasteiger partial charge in [0, 0.05) is 12.2 Å². The molecule has 2 N–H and O–H groups in total. The van der Waals surface area contributed by atoms with E-state index in [9.17, 15) is 14.0 Å². The van der Waals surface area contributed by atoms with Gasteiger partial charge in [-0.2, -0.15) is 0 Å². The number of aryl methyl sites for hydroxylation is 1. The van der Waals surface area contributed by atoms with Crippen molar-refractivity contribution in [2.75, 3.05) is 11.9 Å². The highest BCUT2D eigenvalue weighted by Gasteiger charge is 2.30. The van der Waals surface area contributed by atoms with Crippen molar-refractivity contribution < 1.29 is 18.5 Å². The molecular weight excluding hydrogens is 397 g/mol. The molecule has 1 aromatic heterocycles. The van der Waals surface area contributed by atoms with Crippen LogP contribution in [0.25, 0.3) is 11.3 Å². The standard InChI is InChI=1S/C21H17ClFN3O3/c1-11-17(19(26-29-11)18-14(22)6-4-7-15(18)23)21(28)24-10-9-13-12-5-2-3-8-16(12)25-20(13)27/h2-8,13H,9-10H2,1H3,(H,24,28)(H,25,27)/t13-/m1/s1. The van der Waals surface area contributed by atoms with Gasteiger partial charge in [-0.25, -0.2) is 4.39 Å². The highest BCUT2D eigenvalue weighted by Crippen LogP contribution is 2.35. The van der Waals surface area contributed by atoms with E-state index in [0.29, 0.717) is 6.42 Å². The number of nitrogens with zero attached hydrogens (tertiary/aromatic N) is 1. The Labute approximate surface area is 171 Å². The third-order valence-electron chi connectivity index (χ3n) is 4.92. The van der Waals surface area contributed by atoms with Crippen LogP contribution in [-0.4, -0.2) is 23.5 Å². The molecule has 0 bridgehead atoms. The number of hydrogen-bond acceptors (Lipinski definition) is 4. The Morgan fingerprint density at radius 1 is 1.28 bits per heavy atom. The molecule has 148 valence electrons. The topological polar surface area (TPSA) is 84.2 Å². The third-order valence-corrected chi connectivity index (χ3v) is 5.23. The zero-order chi connectivity index (χ0) is 20.5. The summed E-state index contributed by atoms with van der Waals surface area (Å²) in [6.45, 7) is 1.82. The quantitative estimate of drug-likeness (QED) is 0.653. The van der Waals surface area contributed by atoms with Crippen LogP contribution in [0, 0.1) is 12.7 Å². The summed E-state index contributed by atoms with van der Waals surface area (Å²) in [6, 6.07) is 11.7. The van der Waals surface area contributed by atoms with Crippen LogP contribution in [0.5, 0.6) is 0 Å². The number of hydrogen-bond donors (Lipinski definition) is 2. The maximum absolute atomic E-state index is 14.3. The van der Waals surface area contributed by atoms with Crippen molar-refractivity contribution in [3.8, 4) is 11.3 Å². The Bertz CT molecular complexity index is 1090. The van der Waals surface area contributed by atoms with Gasteiger partial charge >= 0.3 is 0 Å². The van der Waals surface area contributed by atoms with Gasteiger partial charge in [-0.05, 0) is 37.1 Å². The molecule has 3 aromatic rings. The molecule has 4 rings (SSSR count). The van der Waals surface area contributed by atoms with Crippen LogP contribution in [-0.2, 0) is 4.79 Å². The first-order chi connectivity index (χ1) is 14.0. The number of aromatic nitrogens is 1. The second-order valence-electron chi connectivity index (χ2n) is 6.73. The monoisotopic (exact) mass is 413 g/mol. The highest BCUT2D eigenvalue weighted by molar-refractivity contribution is 6.33. The average molecular weight is 414 g/mol. The van der Waals surface area contributed by atoms with E-state index in [0.717, 1.165) is 11.3 Å². The van der Waals surface area contributed by atoms with Crippen molar-refractivity contribution in [2.45, 2.75) is 19.3 Å². The van der Waals surface area contributed by atoms with E-state index in [1.807, 2.05) is 24.3 Å². The lowest BCUT2D eigenvalue weighted by Gasteiger charge is -2.10. The van der Waals surface area contributed by atoms with Crippen molar-refractivity contribution >= 4 is 29.1 Å². The fraction of sp³-hybridized carbons (Fsp3) is 0.190. The summed E-state index contributed by atoms with van der Waals surface area (Å²) in [6.07, 6.45) is 0.425. The SMILES string of the molecule is Cc1onc(-c2c(F)cccc2Cl)c1C(=O)NCC[C@H]1C(=O)Nc2ccccc21. The van der Waals surface area contributed by atoms with E-state index in [1.165, 1.54) is 18.2 Å². The Kier molecular flexibility index (Phi) is 5.07. The minimum Gasteiger partial charge on any atom is -0.360 e. The minimum atomic E-state index is -0.598. The molecule has 2 amide bonds. The van der Waals surface area contributed by atoms with Gasteiger partial charge in [-0.15, -0.1) is 0 Å². The van der Waals surface area contributed by atoms with E-state index in [-0.39, 0.29) is 46.0 Å². The maximum atomic E-state index is 14.3. The number of rotatable bonds is 5. The van der Waals surface area contributed by atoms with Gasteiger partial charge in [-0.3, -0.25) is 9.59 Å². The molecule has 0 unspecified atom stereocenters. The van der Waals surface area contributed by atoms with Crippen LogP contribution in [0.2, 0.25) is 5.02 Å². The molecule has 6 nitrogen and oxygen atoms in total. The van der Waals surface area contributed by atoms with Gasteiger partial charge < -0.3 is 15.2 Å². The van der Waals surface area contributed by atoms with Crippen LogP contribution in [0.4, 0.5) is 10.1 Å². The lowest BCUT2D eigenvalue weighted by molar-refractivity contribution is -0.117. The zero-order valence-corrected chi connectivity index (χ0v) is 16.2. The molecule has 0 fully saturated rings. The molecule has 1 aliphatic heterocycles. The first-order valence-electron chi connectivity index (χ1n) is 9.06. The summed E-state index contributed by atoms with van der Waals surface area (Å²) in [5.41, 5.74) is 1.88. The Morgan fingerprint density at radius 3 is 2.86 bits per heavy atom. The summed E-state index contributed by atoms with van der Waals surface area (Å²) in [5, 5.41) is 9.56. The van der Waals surface area contributed by atoms with Gasteiger partial charge in [0.1, 0.15) is 22.8 Å². The number of carbonyl (C=O) groups is 2. The lowest BCUT2D eigenvalue weighted by atomic mass is 9.97. The second kappa shape index (κ2) is 7.67. The molecule has 29 heavy (non-hydrogen) atoms. The smallest absolute Gasteiger partial charge is 0.257 e. The number of nitrogens with one attached hydrogen (secondary N) is 2. The predicted molar refractivity (Wildman–Crippen MR) is 106 cm³/mol. The molecule has 0 aliphatic carbocycles. The van der Waals surface area contributed by atoms with E-state index >= 15 is 0 Å². The molecule has 0 saturated heterocycles. The average Bonchev–Trinajstić information content (AvgIpc) is 3.21. The number of halogens is 2. The van der Waals surface area contributed by atoms with Crippen LogP contribution >= 0.6 is 11.6 Å². The third kappa shape index (κ3) is 3.49. The van der Waals surface area contributed by atoms with E-state index in [4.69, 9.17) is 16.1 Å². The van der Waals surface area contributed by atoms with Crippen molar-refractivity contribution in [1.82, 2.24) is 10.5 Å². The number of benzene rings is 2. The van der Waals surface area contributed by atoms with Gasteiger partial charge in [-0.1, -0.05) is 41.0 Å². The largest absolute Gasteiger partial charge is 0.360 e. The predicted octanol–water partition coefficient (Wildman–Crippen LogP) is 4.30. The van der Waals surface area contributed by atoms with Crippen molar-refractivity contribution in [3.05, 3.63) is 70.2 Å². The van der Waals surface area contributed by atoms with Crippen molar-refractivity contribution in [2.24, 2.45) is 0 Å². The number of para-hydroxylation sites is 1.